The molecule has 2 nitrogen and oxygen atoms in total. The van der Waals surface area contributed by atoms with Crippen molar-refractivity contribution in [3.8, 4) is 0 Å². The third-order valence-electron chi connectivity index (χ3n) is 1.73. The van der Waals surface area contributed by atoms with E-state index in [-0.39, 0.29) is 5.91 Å². The summed E-state index contributed by atoms with van der Waals surface area (Å²) in [6.45, 7) is 2.63. The molecule has 0 radical (unpaired) electrons. The van der Waals surface area contributed by atoms with Gasteiger partial charge in [0.2, 0.25) is 0 Å². The summed E-state index contributed by atoms with van der Waals surface area (Å²) < 4.78 is 0. The van der Waals surface area contributed by atoms with Crippen molar-refractivity contribution in [1.82, 2.24) is 5.32 Å². The fraction of sp³-hybridized carbons (Fsp3) is 0.300. The zero-order chi connectivity index (χ0) is 10.6. The smallest absolute Gasteiger partial charge is 0.252 e. The van der Waals surface area contributed by atoms with Gasteiger partial charge < -0.3 is 5.32 Å². The molecule has 1 N–H and O–H groups in total. The van der Waals surface area contributed by atoms with E-state index in [2.05, 4.69) is 5.32 Å². The number of amides is 1. The third kappa shape index (κ3) is 2.63. The molecule has 14 heavy (non-hydrogen) atoms. The fourth-order valence-electron chi connectivity index (χ4n) is 1.01. The molecule has 0 saturated carbocycles. The molecule has 0 heterocycles. The van der Waals surface area contributed by atoms with Crippen LogP contribution < -0.4 is 5.32 Å². The molecule has 1 aromatic carbocycles. The molecule has 0 spiro atoms. The molecule has 0 unspecified atom stereocenters. The zero-order valence-electron chi connectivity index (χ0n) is 7.81. The van der Waals surface area contributed by atoms with Gasteiger partial charge in [0.1, 0.15) is 0 Å². The Morgan fingerprint density at radius 2 is 2.14 bits per heavy atom. The van der Waals surface area contributed by atoms with Crippen molar-refractivity contribution < 1.29 is 4.79 Å². The standard InChI is InChI=1S/C10H11Cl2NO/c1-2-6-13-10(14)7-4-3-5-8(11)9(7)12/h3-5H,2,6H2,1H3,(H,13,14). The maximum absolute atomic E-state index is 11.5. The number of rotatable bonds is 3. The summed E-state index contributed by atoms with van der Waals surface area (Å²) >= 11 is 11.7. The van der Waals surface area contributed by atoms with E-state index in [1.165, 1.54) is 0 Å². The highest BCUT2D eigenvalue weighted by atomic mass is 35.5. The summed E-state index contributed by atoms with van der Waals surface area (Å²) in [7, 11) is 0. The van der Waals surface area contributed by atoms with E-state index in [0.29, 0.717) is 22.2 Å². The number of nitrogens with one attached hydrogen (secondary N) is 1. The van der Waals surface area contributed by atoms with Crippen LogP contribution in [0.15, 0.2) is 18.2 Å². The Morgan fingerprint density at radius 1 is 1.43 bits per heavy atom. The molecule has 0 aliphatic rings. The lowest BCUT2D eigenvalue weighted by Crippen LogP contribution is -2.24. The van der Waals surface area contributed by atoms with Crippen molar-refractivity contribution >= 4 is 29.1 Å². The van der Waals surface area contributed by atoms with Gasteiger partial charge in [0.25, 0.3) is 5.91 Å². The first kappa shape index (κ1) is 11.3. The van der Waals surface area contributed by atoms with Gasteiger partial charge >= 0.3 is 0 Å². The molecule has 1 aromatic rings. The lowest BCUT2D eigenvalue weighted by atomic mass is 10.2. The van der Waals surface area contributed by atoms with Crippen LogP contribution in [-0.2, 0) is 0 Å². The third-order valence-corrected chi connectivity index (χ3v) is 2.55. The van der Waals surface area contributed by atoms with E-state index >= 15 is 0 Å². The molecule has 0 saturated heterocycles. The highest BCUT2D eigenvalue weighted by molar-refractivity contribution is 6.43. The topological polar surface area (TPSA) is 29.1 Å². The number of carbonyl (C=O) groups excluding carboxylic acids is 1. The van der Waals surface area contributed by atoms with Crippen LogP contribution in [0.3, 0.4) is 0 Å². The predicted octanol–water partition coefficient (Wildman–Crippen LogP) is 3.13. The molecule has 1 amide bonds. The Hall–Kier alpha value is -0.730. The first-order chi connectivity index (χ1) is 6.66. The summed E-state index contributed by atoms with van der Waals surface area (Å²) in [5, 5.41) is 3.44. The van der Waals surface area contributed by atoms with Crippen LogP contribution in [-0.4, -0.2) is 12.5 Å². The molecule has 0 bridgehead atoms. The van der Waals surface area contributed by atoms with E-state index in [1.807, 2.05) is 6.92 Å². The average molecular weight is 232 g/mol. The van der Waals surface area contributed by atoms with E-state index in [0.717, 1.165) is 6.42 Å². The molecular formula is C10H11Cl2NO. The second kappa shape index (κ2) is 5.23. The van der Waals surface area contributed by atoms with Crippen molar-refractivity contribution in [3.63, 3.8) is 0 Å². The predicted molar refractivity (Wildman–Crippen MR) is 59.1 cm³/mol. The van der Waals surface area contributed by atoms with E-state index in [1.54, 1.807) is 18.2 Å². The molecule has 1 rings (SSSR count). The van der Waals surface area contributed by atoms with Crippen LogP contribution in [0.1, 0.15) is 23.7 Å². The molecule has 0 fully saturated rings. The Kier molecular flexibility index (Phi) is 4.23. The van der Waals surface area contributed by atoms with Gasteiger partial charge in [0.05, 0.1) is 15.6 Å². The van der Waals surface area contributed by atoms with E-state index in [9.17, 15) is 4.79 Å². The number of carbonyl (C=O) groups is 1. The highest BCUT2D eigenvalue weighted by Gasteiger charge is 2.11. The summed E-state index contributed by atoms with van der Waals surface area (Å²) in [6.07, 6.45) is 0.893. The highest BCUT2D eigenvalue weighted by Crippen LogP contribution is 2.25. The number of hydrogen-bond donors (Lipinski definition) is 1. The lowest BCUT2D eigenvalue weighted by Gasteiger charge is -2.05. The molecule has 76 valence electrons. The monoisotopic (exact) mass is 231 g/mol. The number of benzene rings is 1. The molecule has 0 aliphatic heterocycles. The van der Waals surface area contributed by atoms with Crippen LogP contribution in [0.2, 0.25) is 10.0 Å². The second-order valence-electron chi connectivity index (χ2n) is 2.86. The van der Waals surface area contributed by atoms with E-state index < -0.39 is 0 Å². The first-order valence-corrected chi connectivity index (χ1v) is 5.14. The maximum Gasteiger partial charge on any atom is 0.252 e. The molecule has 4 heteroatoms. The Bertz CT molecular complexity index is 339. The Balaban J connectivity index is 2.84. The number of hydrogen-bond acceptors (Lipinski definition) is 1. The van der Waals surface area contributed by atoms with Crippen LogP contribution in [0.25, 0.3) is 0 Å². The summed E-state index contributed by atoms with van der Waals surface area (Å²) in [4.78, 5) is 11.5. The van der Waals surface area contributed by atoms with Gasteiger partial charge in [-0.2, -0.15) is 0 Å². The van der Waals surface area contributed by atoms with Crippen LogP contribution >= 0.6 is 23.2 Å². The maximum atomic E-state index is 11.5. The minimum Gasteiger partial charge on any atom is -0.352 e. The van der Waals surface area contributed by atoms with Gasteiger partial charge in [-0.1, -0.05) is 36.2 Å². The van der Waals surface area contributed by atoms with Crippen LogP contribution in [0.5, 0.6) is 0 Å². The van der Waals surface area contributed by atoms with Gasteiger partial charge in [-0.3, -0.25) is 4.79 Å². The molecule has 0 aromatic heterocycles. The van der Waals surface area contributed by atoms with E-state index in [4.69, 9.17) is 23.2 Å². The minimum atomic E-state index is -0.181. The van der Waals surface area contributed by atoms with Crippen molar-refractivity contribution in [2.45, 2.75) is 13.3 Å². The van der Waals surface area contributed by atoms with Crippen molar-refractivity contribution in [2.75, 3.05) is 6.54 Å². The SMILES string of the molecule is CCCNC(=O)c1cccc(Cl)c1Cl. The molecule has 0 aliphatic carbocycles. The van der Waals surface area contributed by atoms with Gasteiger partial charge in [0, 0.05) is 6.54 Å². The van der Waals surface area contributed by atoms with Crippen molar-refractivity contribution in [2.24, 2.45) is 0 Å². The first-order valence-electron chi connectivity index (χ1n) is 4.39. The summed E-state index contributed by atoms with van der Waals surface area (Å²) in [5.41, 5.74) is 0.424. The molecule has 0 atom stereocenters. The lowest BCUT2D eigenvalue weighted by molar-refractivity contribution is 0.0954. The van der Waals surface area contributed by atoms with Crippen molar-refractivity contribution in [1.29, 1.82) is 0 Å². The second-order valence-corrected chi connectivity index (χ2v) is 3.64. The summed E-state index contributed by atoms with van der Waals surface area (Å²) in [5.74, 6) is -0.181. The minimum absolute atomic E-state index is 0.181. The normalized spacial score (nSPS) is 9.93. The van der Waals surface area contributed by atoms with Crippen molar-refractivity contribution in [3.05, 3.63) is 33.8 Å². The number of halogens is 2. The van der Waals surface area contributed by atoms with Gasteiger partial charge in [0.15, 0.2) is 0 Å². The van der Waals surface area contributed by atoms with Gasteiger partial charge in [-0.25, -0.2) is 0 Å². The fourth-order valence-corrected chi connectivity index (χ4v) is 1.40. The van der Waals surface area contributed by atoms with Crippen LogP contribution in [0, 0.1) is 0 Å². The summed E-state index contributed by atoms with van der Waals surface area (Å²) in [6, 6.07) is 5.01. The average Bonchev–Trinajstić information content (AvgIpc) is 2.18. The Morgan fingerprint density at radius 3 is 2.79 bits per heavy atom. The van der Waals surface area contributed by atoms with Crippen LogP contribution in [0.4, 0.5) is 0 Å². The zero-order valence-corrected chi connectivity index (χ0v) is 9.32. The van der Waals surface area contributed by atoms with Gasteiger partial charge in [-0.15, -0.1) is 0 Å². The van der Waals surface area contributed by atoms with Gasteiger partial charge in [-0.05, 0) is 18.6 Å². The quantitative estimate of drug-likeness (QED) is 0.852. The largest absolute Gasteiger partial charge is 0.352 e. The Labute approximate surface area is 93.2 Å². The molecular weight excluding hydrogens is 221 g/mol.